The largest absolute Gasteiger partial charge is 0.372 e. The maximum absolute atomic E-state index is 13.4. The molecular weight excluding hydrogens is 438 g/mol. The summed E-state index contributed by atoms with van der Waals surface area (Å²) in [5.41, 5.74) is 4.91. The van der Waals surface area contributed by atoms with Crippen molar-refractivity contribution in [2.45, 2.75) is 19.4 Å². The van der Waals surface area contributed by atoms with Crippen molar-refractivity contribution in [2.24, 2.45) is 0 Å². The lowest BCUT2D eigenvalue weighted by Gasteiger charge is -2.32. The van der Waals surface area contributed by atoms with Crippen LogP contribution in [0.3, 0.4) is 0 Å². The van der Waals surface area contributed by atoms with E-state index in [1.165, 1.54) is 12.8 Å². The number of aromatic nitrogens is 3. The lowest BCUT2D eigenvalue weighted by atomic mass is 10.1. The summed E-state index contributed by atoms with van der Waals surface area (Å²) in [6, 6.07) is 20.9. The lowest BCUT2D eigenvalue weighted by Crippen LogP contribution is -2.37. The summed E-state index contributed by atoms with van der Waals surface area (Å²) in [5, 5.41) is 0. The number of pyridine rings is 1. The van der Waals surface area contributed by atoms with Gasteiger partial charge in [0, 0.05) is 54.1 Å². The molecular formula is C28H25N5O2. The molecule has 0 amide bonds. The van der Waals surface area contributed by atoms with E-state index in [2.05, 4.69) is 9.88 Å². The normalized spacial score (nSPS) is 14.5. The van der Waals surface area contributed by atoms with E-state index in [0.29, 0.717) is 23.8 Å². The van der Waals surface area contributed by atoms with Gasteiger partial charge in [-0.25, -0.2) is 4.98 Å². The molecule has 0 N–H and O–H groups in total. The third kappa shape index (κ3) is 3.99. The van der Waals surface area contributed by atoms with Gasteiger partial charge in [0.2, 0.25) is 5.95 Å². The molecule has 4 aromatic rings. The Morgan fingerprint density at radius 2 is 1.66 bits per heavy atom. The zero-order valence-corrected chi connectivity index (χ0v) is 19.3. The number of para-hydroxylation sites is 1. The second kappa shape index (κ2) is 8.83. The molecule has 2 aliphatic rings. The first-order chi connectivity index (χ1) is 17.2. The predicted molar refractivity (Wildman–Crippen MR) is 136 cm³/mol. The number of carbonyl (C=O) groups excluding carboxylic acids is 1. The SMILES string of the molecule is O=C(CN1c2ccccc2Cn2c1nc(-c1ccncc1)cc2=O)c1ccc(N2CCCC2)cc1. The van der Waals surface area contributed by atoms with Crippen LogP contribution in [0.5, 0.6) is 0 Å². The summed E-state index contributed by atoms with van der Waals surface area (Å²) in [6.07, 6.45) is 5.78. The number of Topliss-reactive ketones (excluding diaryl/α,β-unsaturated/α-hetero) is 1. The second-order valence-electron chi connectivity index (χ2n) is 8.98. The number of anilines is 3. The Morgan fingerprint density at radius 1 is 0.914 bits per heavy atom. The Labute approximate surface area is 203 Å². The standard InChI is InChI=1S/C28H25N5O2/c34-26(21-7-9-23(10-8-21)31-15-3-4-16-31)19-32-25-6-2-1-5-22(25)18-33-27(35)17-24(30-28(32)33)20-11-13-29-14-12-20/h1-2,5-14,17H,3-4,15-16,18-19H2. The summed E-state index contributed by atoms with van der Waals surface area (Å²) in [5.74, 6) is 0.454. The van der Waals surface area contributed by atoms with Crippen molar-refractivity contribution in [1.29, 1.82) is 0 Å². The molecule has 0 saturated carbocycles. The van der Waals surface area contributed by atoms with Crippen LogP contribution in [0.1, 0.15) is 28.8 Å². The molecule has 0 bridgehead atoms. The summed E-state index contributed by atoms with van der Waals surface area (Å²) in [6.45, 7) is 2.64. The van der Waals surface area contributed by atoms with Gasteiger partial charge in [-0.3, -0.25) is 19.1 Å². The fourth-order valence-corrected chi connectivity index (χ4v) is 4.93. The van der Waals surface area contributed by atoms with Crippen molar-refractivity contribution < 1.29 is 4.79 Å². The van der Waals surface area contributed by atoms with Gasteiger partial charge in [0.15, 0.2) is 5.78 Å². The summed E-state index contributed by atoms with van der Waals surface area (Å²) in [7, 11) is 0. The summed E-state index contributed by atoms with van der Waals surface area (Å²) < 4.78 is 1.64. The van der Waals surface area contributed by atoms with Crippen LogP contribution >= 0.6 is 0 Å². The molecule has 2 aromatic carbocycles. The molecule has 6 rings (SSSR count). The van der Waals surface area contributed by atoms with Gasteiger partial charge in [0.1, 0.15) is 0 Å². The highest BCUT2D eigenvalue weighted by molar-refractivity contribution is 6.00. The molecule has 174 valence electrons. The van der Waals surface area contributed by atoms with Crippen LogP contribution < -0.4 is 15.4 Å². The Kier molecular flexibility index (Phi) is 5.37. The molecule has 7 heteroatoms. The van der Waals surface area contributed by atoms with E-state index in [-0.39, 0.29) is 17.9 Å². The maximum atomic E-state index is 13.4. The molecule has 0 spiro atoms. The number of hydrogen-bond acceptors (Lipinski definition) is 6. The van der Waals surface area contributed by atoms with Crippen LogP contribution in [-0.4, -0.2) is 40.0 Å². The van der Waals surface area contributed by atoms with E-state index in [1.54, 1.807) is 23.0 Å². The highest BCUT2D eigenvalue weighted by Crippen LogP contribution is 2.33. The second-order valence-corrected chi connectivity index (χ2v) is 8.98. The van der Waals surface area contributed by atoms with Crippen LogP contribution in [0.4, 0.5) is 17.3 Å². The van der Waals surface area contributed by atoms with Gasteiger partial charge < -0.3 is 9.80 Å². The third-order valence-electron chi connectivity index (χ3n) is 6.78. The van der Waals surface area contributed by atoms with Gasteiger partial charge in [-0.15, -0.1) is 0 Å². The van der Waals surface area contributed by atoms with E-state index in [0.717, 1.165) is 35.6 Å². The van der Waals surface area contributed by atoms with E-state index in [1.807, 2.05) is 65.6 Å². The van der Waals surface area contributed by atoms with Crippen molar-refractivity contribution in [1.82, 2.24) is 14.5 Å². The number of fused-ring (bicyclic) bond motifs is 2. The highest BCUT2D eigenvalue weighted by atomic mass is 16.1. The molecule has 1 saturated heterocycles. The van der Waals surface area contributed by atoms with Crippen molar-refractivity contribution in [2.75, 3.05) is 29.4 Å². The van der Waals surface area contributed by atoms with Gasteiger partial charge in [0.05, 0.1) is 18.8 Å². The molecule has 7 nitrogen and oxygen atoms in total. The van der Waals surface area contributed by atoms with Crippen molar-refractivity contribution in [3.8, 4) is 11.3 Å². The first-order valence-corrected chi connectivity index (χ1v) is 11.9. The quantitative estimate of drug-likeness (QED) is 0.411. The minimum absolute atomic E-state index is 0.0233. The first kappa shape index (κ1) is 21.3. The number of benzene rings is 2. The highest BCUT2D eigenvalue weighted by Gasteiger charge is 2.27. The van der Waals surface area contributed by atoms with Gasteiger partial charge >= 0.3 is 0 Å². The number of rotatable bonds is 5. The number of ketones is 1. The molecule has 0 atom stereocenters. The summed E-state index contributed by atoms with van der Waals surface area (Å²) >= 11 is 0. The smallest absolute Gasteiger partial charge is 0.255 e. The minimum Gasteiger partial charge on any atom is -0.372 e. The van der Waals surface area contributed by atoms with Gasteiger partial charge in [0.25, 0.3) is 5.56 Å². The Hall–Kier alpha value is -4.26. The molecule has 2 aliphatic heterocycles. The molecule has 0 aliphatic carbocycles. The first-order valence-electron chi connectivity index (χ1n) is 11.9. The van der Waals surface area contributed by atoms with Crippen molar-refractivity contribution in [3.63, 3.8) is 0 Å². The lowest BCUT2D eigenvalue weighted by molar-refractivity contribution is 0.100. The summed E-state index contributed by atoms with van der Waals surface area (Å²) in [4.78, 5) is 39.7. The maximum Gasteiger partial charge on any atom is 0.255 e. The minimum atomic E-state index is -0.149. The predicted octanol–water partition coefficient (Wildman–Crippen LogP) is 4.29. The number of nitrogens with zero attached hydrogens (tertiary/aromatic N) is 5. The monoisotopic (exact) mass is 463 g/mol. The fraction of sp³-hybridized carbons (Fsp3) is 0.214. The molecule has 2 aromatic heterocycles. The van der Waals surface area contributed by atoms with Crippen molar-refractivity contribution >= 4 is 23.1 Å². The third-order valence-corrected chi connectivity index (χ3v) is 6.78. The van der Waals surface area contributed by atoms with E-state index >= 15 is 0 Å². The van der Waals surface area contributed by atoms with Crippen LogP contribution in [0, 0.1) is 0 Å². The van der Waals surface area contributed by atoms with Crippen LogP contribution in [0.2, 0.25) is 0 Å². The Bertz CT molecular complexity index is 1440. The number of hydrogen-bond donors (Lipinski definition) is 0. The molecule has 0 unspecified atom stereocenters. The Balaban J connectivity index is 1.37. The molecule has 35 heavy (non-hydrogen) atoms. The topological polar surface area (TPSA) is 71.3 Å². The molecule has 1 fully saturated rings. The van der Waals surface area contributed by atoms with Crippen LogP contribution in [0.15, 0.2) is 83.9 Å². The van der Waals surface area contributed by atoms with E-state index < -0.39 is 0 Å². The number of carbonyl (C=O) groups is 1. The zero-order chi connectivity index (χ0) is 23.8. The average Bonchev–Trinajstić information content (AvgIpc) is 3.45. The van der Waals surface area contributed by atoms with Crippen LogP contribution in [-0.2, 0) is 6.54 Å². The zero-order valence-electron chi connectivity index (χ0n) is 19.3. The fourth-order valence-electron chi connectivity index (χ4n) is 4.93. The molecule has 4 heterocycles. The van der Waals surface area contributed by atoms with Crippen molar-refractivity contribution in [3.05, 3.63) is 101 Å². The average molecular weight is 464 g/mol. The van der Waals surface area contributed by atoms with Gasteiger partial charge in [-0.05, 0) is 60.9 Å². The van der Waals surface area contributed by atoms with Gasteiger partial charge in [-0.2, -0.15) is 0 Å². The van der Waals surface area contributed by atoms with E-state index in [9.17, 15) is 9.59 Å². The van der Waals surface area contributed by atoms with Crippen LogP contribution in [0.25, 0.3) is 11.3 Å². The van der Waals surface area contributed by atoms with E-state index in [4.69, 9.17) is 4.98 Å². The molecule has 0 radical (unpaired) electrons. The van der Waals surface area contributed by atoms with Gasteiger partial charge in [-0.1, -0.05) is 18.2 Å². The Morgan fingerprint density at radius 3 is 2.43 bits per heavy atom.